The van der Waals surface area contributed by atoms with Crippen molar-refractivity contribution in [3.05, 3.63) is 113 Å². The van der Waals surface area contributed by atoms with Gasteiger partial charge in [-0.2, -0.15) is 5.10 Å². The molecule has 0 aliphatic heterocycles. The van der Waals surface area contributed by atoms with Crippen LogP contribution in [0.2, 0.25) is 0 Å². The highest BCUT2D eigenvalue weighted by molar-refractivity contribution is 7.88. The number of carbonyl (C=O) groups excluding carboxylic acids is 1. The Morgan fingerprint density at radius 3 is 2.20 bits per heavy atom. The fraction of sp³-hybridized carbons (Fsp3) is 0.185. The first-order valence-electron chi connectivity index (χ1n) is 11.3. The van der Waals surface area contributed by atoms with Gasteiger partial charge in [0.1, 0.15) is 0 Å². The molecule has 0 radical (unpaired) electrons. The van der Waals surface area contributed by atoms with Crippen LogP contribution < -0.4 is 10.0 Å². The van der Waals surface area contributed by atoms with Gasteiger partial charge in [0.05, 0.1) is 18.5 Å². The van der Waals surface area contributed by atoms with Crippen molar-refractivity contribution in [2.24, 2.45) is 0 Å². The molecule has 0 atom stereocenters. The van der Waals surface area contributed by atoms with E-state index in [2.05, 4.69) is 22.2 Å². The molecule has 0 unspecified atom stereocenters. The van der Waals surface area contributed by atoms with Crippen molar-refractivity contribution in [3.63, 3.8) is 0 Å². The summed E-state index contributed by atoms with van der Waals surface area (Å²) in [5.74, 6) is -0.180. The average Bonchev–Trinajstić information content (AvgIpc) is 3.26. The van der Waals surface area contributed by atoms with Crippen molar-refractivity contribution >= 4 is 15.9 Å². The Kier molecular flexibility index (Phi) is 7.74. The second-order valence-corrected chi connectivity index (χ2v) is 10.2. The Balaban J connectivity index is 1.44. The van der Waals surface area contributed by atoms with Crippen molar-refractivity contribution in [2.75, 3.05) is 12.8 Å². The largest absolute Gasteiger partial charge is 0.348 e. The van der Waals surface area contributed by atoms with Crippen LogP contribution in [0.1, 0.15) is 27.0 Å². The number of benzene rings is 3. The lowest BCUT2D eigenvalue weighted by molar-refractivity contribution is 0.0951. The van der Waals surface area contributed by atoms with E-state index in [4.69, 9.17) is 5.10 Å². The van der Waals surface area contributed by atoms with Crippen LogP contribution in [0, 0.1) is 0 Å². The second kappa shape index (κ2) is 11.1. The molecule has 3 aromatic carbocycles. The Bertz CT molecular complexity index is 1370. The number of amides is 1. The molecule has 0 spiro atoms. The first kappa shape index (κ1) is 24.4. The molecule has 1 heterocycles. The maximum atomic E-state index is 12.8. The standard InChI is InChI=1S/C27H28N4O3S/c1-35(33,34)29-17-16-21-12-14-24(15-13-21)27(32)28-18-25-20-31(19-22-8-4-2-5-9-22)30-26(25)23-10-6-3-7-11-23/h2-15,20,29H,16-19H2,1H3,(H,28,32). The first-order valence-corrected chi connectivity index (χ1v) is 13.2. The number of rotatable bonds is 10. The number of hydrogen-bond acceptors (Lipinski definition) is 4. The molecule has 0 bridgehead atoms. The molecule has 7 nitrogen and oxygen atoms in total. The van der Waals surface area contributed by atoms with Crippen LogP contribution in [0.25, 0.3) is 11.3 Å². The molecule has 0 saturated carbocycles. The molecule has 2 N–H and O–H groups in total. The molecule has 1 amide bonds. The number of aromatic nitrogens is 2. The van der Waals surface area contributed by atoms with Gasteiger partial charge < -0.3 is 5.32 Å². The van der Waals surface area contributed by atoms with Gasteiger partial charge in [-0.05, 0) is 29.7 Å². The van der Waals surface area contributed by atoms with E-state index in [0.29, 0.717) is 31.6 Å². The third kappa shape index (κ3) is 7.11. The molecule has 35 heavy (non-hydrogen) atoms. The SMILES string of the molecule is CS(=O)(=O)NCCc1ccc(C(=O)NCc2cn(Cc3ccccc3)nc2-c2ccccc2)cc1. The van der Waals surface area contributed by atoms with E-state index in [1.807, 2.05) is 71.5 Å². The number of nitrogens with zero attached hydrogens (tertiary/aromatic N) is 2. The lowest BCUT2D eigenvalue weighted by Crippen LogP contribution is -2.24. The lowest BCUT2D eigenvalue weighted by atomic mass is 10.1. The minimum atomic E-state index is -3.21. The van der Waals surface area contributed by atoms with Gasteiger partial charge in [-0.15, -0.1) is 0 Å². The van der Waals surface area contributed by atoms with Crippen LogP contribution in [0.4, 0.5) is 0 Å². The highest BCUT2D eigenvalue weighted by atomic mass is 32.2. The Hall–Kier alpha value is -3.75. The van der Waals surface area contributed by atoms with E-state index in [0.717, 1.165) is 34.2 Å². The van der Waals surface area contributed by atoms with Crippen molar-refractivity contribution in [3.8, 4) is 11.3 Å². The number of sulfonamides is 1. The van der Waals surface area contributed by atoms with Gasteiger partial charge in [-0.1, -0.05) is 72.8 Å². The van der Waals surface area contributed by atoms with E-state index < -0.39 is 10.0 Å². The van der Waals surface area contributed by atoms with Gasteiger partial charge in [0.15, 0.2) is 0 Å². The zero-order valence-corrected chi connectivity index (χ0v) is 20.3. The quantitative estimate of drug-likeness (QED) is 0.357. The molecular weight excluding hydrogens is 460 g/mol. The monoisotopic (exact) mass is 488 g/mol. The van der Waals surface area contributed by atoms with Gasteiger partial charge in [0, 0.05) is 36.0 Å². The lowest BCUT2D eigenvalue weighted by Gasteiger charge is -2.07. The van der Waals surface area contributed by atoms with E-state index >= 15 is 0 Å². The van der Waals surface area contributed by atoms with E-state index in [-0.39, 0.29) is 5.91 Å². The number of hydrogen-bond donors (Lipinski definition) is 2. The Labute approximate surface area is 205 Å². The summed E-state index contributed by atoms with van der Waals surface area (Å²) in [6, 6.07) is 27.2. The zero-order valence-electron chi connectivity index (χ0n) is 19.5. The average molecular weight is 489 g/mol. The van der Waals surface area contributed by atoms with Crippen molar-refractivity contribution in [1.82, 2.24) is 19.8 Å². The van der Waals surface area contributed by atoms with Crippen molar-refractivity contribution < 1.29 is 13.2 Å². The van der Waals surface area contributed by atoms with Gasteiger partial charge >= 0.3 is 0 Å². The summed E-state index contributed by atoms with van der Waals surface area (Å²) < 4.78 is 26.8. The topological polar surface area (TPSA) is 93.1 Å². The van der Waals surface area contributed by atoms with Crippen molar-refractivity contribution in [1.29, 1.82) is 0 Å². The summed E-state index contributed by atoms with van der Waals surface area (Å²) >= 11 is 0. The minimum Gasteiger partial charge on any atom is -0.348 e. The molecule has 0 saturated heterocycles. The molecule has 4 rings (SSSR count). The molecule has 180 valence electrons. The zero-order chi connectivity index (χ0) is 24.7. The molecular formula is C27H28N4O3S. The summed E-state index contributed by atoms with van der Waals surface area (Å²) in [4.78, 5) is 12.8. The first-order chi connectivity index (χ1) is 16.9. The molecule has 4 aromatic rings. The number of carbonyl (C=O) groups is 1. The molecule has 0 aliphatic rings. The number of nitrogens with one attached hydrogen (secondary N) is 2. The van der Waals surface area contributed by atoms with Gasteiger partial charge in [0.2, 0.25) is 10.0 Å². The van der Waals surface area contributed by atoms with Gasteiger partial charge in [-0.25, -0.2) is 13.1 Å². The van der Waals surface area contributed by atoms with Crippen LogP contribution in [0.5, 0.6) is 0 Å². The Morgan fingerprint density at radius 1 is 0.886 bits per heavy atom. The van der Waals surface area contributed by atoms with Crippen LogP contribution in [0.3, 0.4) is 0 Å². The fourth-order valence-electron chi connectivity index (χ4n) is 3.76. The maximum Gasteiger partial charge on any atom is 0.251 e. The third-order valence-electron chi connectivity index (χ3n) is 5.51. The summed E-state index contributed by atoms with van der Waals surface area (Å²) in [6.07, 6.45) is 3.67. The van der Waals surface area contributed by atoms with E-state index in [1.54, 1.807) is 12.1 Å². The van der Waals surface area contributed by atoms with E-state index in [1.165, 1.54) is 0 Å². The molecule has 1 aromatic heterocycles. The van der Waals surface area contributed by atoms with Crippen LogP contribution >= 0.6 is 0 Å². The van der Waals surface area contributed by atoms with E-state index in [9.17, 15) is 13.2 Å². The maximum absolute atomic E-state index is 12.8. The minimum absolute atomic E-state index is 0.180. The summed E-state index contributed by atoms with van der Waals surface area (Å²) in [5, 5.41) is 7.80. The van der Waals surface area contributed by atoms with Crippen LogP contribution in [-0.4, -0.2) is 36.9 Å². The summed E-state index contributed by atoms with van der Waals surface area (Å²) in [5.41, 5.74) is 5.42. The van der Waals surface area contributed by atoms with Gasteiger partial charge in [-0.3, -0.25) is 9.48 Å². The molecule has 0 fully saturated rings. The normalized spacial score (nSPS) is 11.3. The highest BCUT2D eigenvalue weighted by Crippen LogP contribution is 2.22. The Morgan fingerprint density at radius 2 is 1.54 bits per heavy atom. The third-order valence-corrected chi connectivity index (χ3v) is 6.23. The van der Waals surface area contributed by atoms with Crippen LogP contribution in [0.15, 0.2) is 91.1 Å². The highest BCUT2D eigenvalue weighted by Gasteiger charge is 2.13. The van der Waals surface area contributed by atoms with Crippen molar-refractivity contribution in [2.45, 2.75) is 19.5 Å². The second-order valence-electron chi connectivity index (χ2n) is 8.35. The predicted molar refractivity (Wildman–Crippen MR) is 137 cm³/mol. The van der Waals surface area contributed by atoms with Crippen LogP contribution in [-0.2, 0) is 29.5 Å². The summed E-state index contributed by atoms with van der Waals surface area (Å²) in [7, 11) is -3.21. The summed E-state index contributed by atoms with van der Waals surface area (Å²) in [6.45, 7) is 1.31. The predicted octanol–water partition coefficient (Wildman–Crippen LogP) is 3.62. The van der Waals surface area contributed by atoms with Gasteiger partial charge in [0.25, 0.3) is 5.91 Å². The molecule has 8 heteroatoms. The fourth-order valence-corrected chi connectivity index (χ4v) is 4.24. The smallest absolute Gasteiger partial charge is 0.251 e. The molecule has 0 aliphatic carbocycles.